The summed E-state index contributed by atoms with van der Waals surface area (Å²) in [5.74, 6) is 2.02. The molecule has 6 nitrogen and oxygen atoms in total. The van der Waals surface area contributed by atoms with Crippen molar-refractivity contribution in [3.05, 3.63) is 36.2 Å². The minimum absolute atomic E-state index is 0.0806. The minimum atomic E-state index is -0.0806. The maximum absolute atomic E-state index is 12.8. The Morgan fingerprint density at radius 2 is 2.12 bits per heavy atom. The summed E-state index contributed by atoms with van der Waals surface area (Å²) in [5, 5.41) is 7.50. The first-order valence-corrected chi connectivity index (χ1v) is 9.70. The first-order chi connectivity index (χ1) is 12.8. The van der Waals surface area contributed by atoms with Crippen molar-refractivity contribution < 1.29 is 9.32 Å². The molecule has 3 heterocycles. The van der Waals surface area contributed by atoms with E-state index in [0.29, 0.717) is 24.1 Å². The molecular formula is C20H26N4O2. The van der Waals surface area contributed by atoms with E-state index >= 15 is 0 Å². The summed E-state index contributed by atoms with van der Waals surface area (Å²) < 4.78 is 5.55. The van der Waals surface area contributed by atoms with Gasteiger partial charge in [-0.1, -0.05) is 35.5 Å². The highest BCUT2D eigenvalue weighted by molar-refractivity contribution is 5.76. The van der Waals surface area contributed by atoms with Crippen LogP contribution in [0, 0.1) is 5.92 Å². The molecule has 2 fully saturated rings. The van der Waals surface area contributed by atoms with E-state index < -0.39 is 0 Å². The van der Waals surface area contributed by atoms with Gasteiger partial charge in [0.25, 0.3) is 0 Å². The summed E-state index contributed by atoms with van der Waals surface area (Å²) >= 11 is 0. The molecule has 1 N–H and O–H groups in total. The van der Waals surface area contributed by atoms with Crippen LogP contribution in [0.4, 0.5) is 0 Å². The van der Waals surface area contributed by atoms with Crippen LogP contribution in [0.25, 0.3) is 11.4 Å². The summed E-state index contributed by atoms with van der Waals surface area (Å²) in [6.07, 6.45) is 5.79. The Balaban J connectivity index is 1.45. The van der Waals surface area contributed by atoms with Crippen molar-refractivity contribution in [2.24, 2.45) is 5.92 Å². The van der Waals surface area contributed by atoms with Crippen LogP contribution in [-0.2, 0) is 4.79 Å². The van der Waals surface area contributed by atoms with Gasteiger partial charge in [0.05, 0.1) is 0 Å². The summed E-state index contributed by atoms with van der Waals surface area (Å²) in [6, 6.07) is 9.73. The maximum Gasteiger partial charge on any atom is 0.249 e. The fourth-order valence-electron chi connectivity index (χ4n) is 3.99. The van der Waals surface area contributed by atoms with Crippen molar-refractivity contribution in [2.75, 3.05) is 19.6 Å². The molecule has 2 aliphatic rings. The molecule has 1 amide bonds. The van der Waals surface area contributed by atoms with Crippen molar-refractivity contribution in [3.63, 3.8) is 0 Å². The molecule has 2 aromatic rings. The number of rotatable bonds is 5. The van der Waals surface area contributed by atoms with Gasteiger partial charge < -0.3 is 14.7 Å². The fourth-order valence-corrected chi connectivity index (χ4v) is 3.99. The quantitative estimate of drug-likeness (QED) is 0.893. The highest BCUT2D eigenvalue weighted by Gasteiger charge is 2.32. The van der Waals surface area contributed by atoms with E-state index in [1.807, 2.05) is 35.2 Å². The number of nitrogens with one attached hydrogen (secondary N) is 1. The Morgan fingerprint density at radius 3 is 2.92 bits per heavy atom. The maximum atomic E-state index is 12.8. The molecule has 1 aromatic carbocycles. The number of nitrogens with zero attached hydrogens (tertiary/aromatic N) is 3. The number of carbonyl (C=O) groups is 1. The summed E-state index contributed by atoms with van der Waals surface area (Å²) in [7, 11) is 0. The highest BCUT2D eigenvalue weighted by Crippen LogP contribution is 2.32. The second kappa shape index (κ2) is 7.99. The highest BCUT2D eigenvalue weighted by atomic mass is 16.5. The zero-order chi connectivity index (χ0) is 17.8. The second-order valence-corrected chi connectivity index (χ2v) is 7.32. The van der Waals surface area contributed by atoms with E-state index in [1.165, 1.54) is 6.42 Å². The molecular weight excluding hydrogens is 328 g/mol. The Morgan fingerprint density at radius 1 is 1.23 bits per heavy atom. The van der Waals surface area contributed by atoms with Crippen LogP contribution < -0.4 is 5.32 Å². The molecule has 0 spiro atoms. The molecule has 2 unspecified atom stereocenters. The van der Waals surface area contributed by atoms with E-state index in [4.69, 9.17) is 4.52 Å². The van der Waals surface area contributed by atoms with Gasteiger partial charge in [-0.2, -0.15) is 4.98 Å². The summed E-state index contributed by atoms with van der Waals surface area (Å²) in [6.45, 7) is 2.91. The van der Waals surface area contributed by atoms with Crippen molar-refractivity contribution >= 4 is 5.91 Å². The van der Waals surface area contributed by atoms with Gasteiger partial charge in [0.15, 0.2) is 0 Å². The number of piperidine rings is 1. The lowest BCUT2D eigenvalue weighted by atomic mass is 9.98. The topological polar surface area (TPSA) is 71.3 Å². The molecule has 6 heteroatoms. The molecule has 2 aliphatic heterocycles. The van der Waals surface area contributed by atoms with E-state index in [-0.39, 0.29) is 11.9 Å². The molecule has 26 heavy (non-hydrogen) atoms. The van der Waals surface area contributed by atoms with Gasteiger partial charge in [-0.3, -0.25) is 4.79 Å². The monoisotopic (exact) mass is 354 g/mol. The van der Waals surface area contributed by atoms with Crippen molar-refractivity contribution in [2.45, 2.75) is 44.6 Å². The second-order valence-electron chi connectivity index (χ2n) is 7.32. The van der Waals surface area contributed by atoms with E-state index in [9.17, 15) is 4.79 Å². The lowest BCUT2D eigenvalue weighted by Crippen LogP contribution is -2.38. The first-order valence-electron chi connectivity index (χ1n) is 9.70. The molecule has 138 valence electrons. The van der Waals surface area contributed by atoms with Gasteiger partial charge in [0.2, 0.25) is 17.6 Å². The van der Waals surface area contributed by atoms with Gasteiger partial charge in [0.1, 0.15) is 6.04 Å². The smallest absolute Gasteiger partial charge is 0.249 e. The predicted molar refractivity (Wildman–Crippen MR) is 98.2 cm³/mol. The number of amides is 1. The van der Waals surface area contributed by atoms with Crippen molar-refractivity contribution in [1.29, 1.82) is 0 Å². The van der Waals surface area contributed by atoms with Crippen LogP contribution in [0.1, 0.15) is 50.5 Å². The number of likely N-dealkylation sites (tertiary alicyclic amines) is 1. The van der Waals surface area contributed by atoms with Crippen LogP contribution in [0.5, 0.6) is 0 Å². The largest absolute Gasteiger partial charge is 0.337 e. The third kappa shape index (κ3) is 3.80. The number of benzene rings is 1. The average Bonchev–Trinajstić information content (AvgIpc) is 3.39. The Labute approximate surface area is 154 Å². The van der Waals surface area contributed by atoms with Gasteiger partial charge in [-0.05, 0) is 51.1 Å². The molecule has 0 aliphatic carbocycles. The standard InChI is InChI=1S/C20H26N4O2/c25-18(10-9-15-11-12-21-14-15)24-13-5-4-8-17(24)20-22-19(23-26-20)16-6-2-1-3-7-16/h1-3,6-7,15,17,21H,4-5,8-14H2. The molecule has 0 radical (unpaired) electrons. The first kappa shape index (κ1) is 17.2. The van der Waals surface area contributed by atoms with Crippen LogP contribution in [-0.4, -0.2) is 40.6 Å². The van der Waals surface area contributed by atoms with Gasteiger partial charge in [-0.25, -0.2) is 0 Å². The van der Waals surface area contributed by atoms with Gasteiger partial charge >= 0.3 is 0 Å². The summed E-state index contributed by atoms with van der Waals surface area (Å²) in [5.41, 5.74) is 0.935. The van der Waals surface area contributed by atoms with E-state index in [2.05, 4.69) is 15.5 Å². The zero-order valence-corrected chi connectivity index (χ0v) is 15.1. The predicted octanol–water partition coefficient (Wildman–Crippen LogP) is 3.18. The van der Waals surface area contributed by atoms with Crippen LogP contribution >= 0.6 is 0 Å². The average molecular weight is 354 g/mol. The lowest BCUT2D eigenvalue weighted by Gasteiger charge is -2.33. The zero-order valence-electron chi connectivity index (χ0n) is 15.1. The molecule has 0 bridgehead atoms. The fraction of sp³-hybridized carbons (Fsp3) is 0.550. The van der Waals surface area contributed by atoms with E-state index in [1.54, 1.807) is 0 Å². The SMILES string of the molecule is O=C(CCC1CCNC1)N1CCCCC1c1nc(-c2ccccc2)no1. The normalized spacial score (nSPS) is 23.3. The third-order valence-corrected chi connectivity index (χ3v) is 5.51. The molecule has 2 atom stereocenters. The Hall–Kier alpha value is -2.21. The number of hydrogen-bond donors (Lipinski definition) is 1. The van der Waals surface area contributed by atoms with Gasteiger partial charge in [-0.15, -0.1) is 0 Å². The molecule has 4 rings (SSSR count). The van der Waals surface area contributed by atoms with E-state index in [0.717, 1.165) is 50.9 Å². The van der Waals surface area contributed by atoms with Crippen molar-refractivity contribution in [1.82, 2.24) is 20.4 Å². The Bertz CT molecular complexity index is 724. The lowest BCUT2D eigenvalue weighted by molar-refractivity contribution is -0.136. The summed E-state index contributed by atoms with van der Waals surface area (Å²) in [4.78, 5) is 19.4. The van der Waals surface area contributed by atoms with Crippen LogP contribution in [0.3, 0.4) is 0 Å². The number of aromatic nitrogens is 2. The molecule has 2 saturated heterocycles. The Kier molecular flexibility index (Phi) is 5.29. The molecule has 0 saturated carbocycles. The van der Waals surface area contributed by atoms with Gasteiger partial charge in [0, 0.05) is 18.5 Å². The van der Waals surface area contributed by atoms with Crippen LogP contribution in [0.2, 0.25) is 0 Å². The number of hydrogen-bond acceptors (Lipinski definition) is 5. The molecule has 1 aromatic heterocycles. The third-order valence-electron chi connectivity index (χ3n) is 5.51. The number of carbonyl (C=O) groups excluding carboxylic acids is 1. The van der Waals surface area contributed by atoms with Crippen molar-refractivity contribution in [3.8, 4) is 11.4 Å². The van der Waals surface area contributed by atoms with Crippen LogP contribution in [0.15, 0.2) is 34.9 Å². The minimum Gasteiger partial charge on any atom is -0.337 e.